The molecule has 0 saturated heterocycles. The van der Waals surface area contributed by atoms with Gasteiger partial charge in [0.1, 0.15) is 54.6 Å². The Morgan fingerprint density at radius 2 is 1.88 bits per heavy atom. The molecule has 0 aromatic rings. The predicted molar refractivity (Wildman–Crippen MR) is 86.2 cm³/mol. The van der Waals surface area contributed by atoms with Gasteiger partial charge in [0.2, 0.25) is 22.6 Å². The summed E-state index contributed by atoms with van der Waals surface area (Å²) in [5, 5.41) is 52.7. The number of hydrogen-bond donors (Lipinski definition) is 5. The number of carboxylic acids is 1. The van der Waals surface area contributed by atoms with Crippen molar-refractivity contribution in [2.45, 2.75) is 49.8 Å². The van der Waals surface area contributed by atoms with Crippen LogP contribution in [0.25, 0.3) is 0 Å². The monoisotopic (exact) mass is 503 g/mol. The molecule has 172 valence electrons. The Kier molecular flexibility index (Phi) is 15.9. The molecule has 1 heterocycles. The Hall–Kier alpha value is -0.180. The zero-order valence-electron chi connectivity index (χ0n) is 17.2. The number of ether oxygens (including phenoxy) is 2. The molecular weight excluding hydrogens is 484 g/mol. The number of amides is 1. The average molecular weight is 503 g/mol. The van der Waals surface area contributed by atoms with Crippen molar-refractivity contribution in [2.24, 2.45) is 0 Å². The van der Waals surface area contributed by atoms with E-state index in [9.17, 15) is 52.9 Å². The fourth-order valence-corrected chi connectivity index (χ4v) is 2.61. The Balaban J connectivity index is 0. The zero-order valence-corrected chi connectivity index (χ0v) is 22.0. The van der Waals surface area contributed by atoms with Gasteiger partial charge in [0, 0.05) is 6.92 Å². The number of aliphatic hydroxyl groups is 4. The van der Waals surface area contributed by atoms with Crippen molar-refractivity contribution in [3.05, 3.63) is 11.8 Å². The summed E-state index contributed by atoms with van der Waals surface area (Å²) < 4.78 is 45.2. The maximum absolute atomic E-state index is 11.4. The van der Waals surface area contributed by atoms with Crippen LogP contribution in [-0.2, 0) is 38.4 Å². The summed E-state index contributed by atoms with van der Waals surface area (Å²) in [4.78, 5) is 33.6. The van der Waals surface area contributed by atoms with Crippen molar-refractivity contribution in [1.29, 1.82) is 0 Å². The van der Waals surface area contributed by atoms with Gasteiger partial charge in [0.05, 0.1) is 6.61 Å². The van der Waals surface area contributed by atoms with Crippen LogP contribution in [0.3, 0.4) is 0 Å². The molecule has 1 aliphatic rings. The Morgan fingerprint density at radius 3 is 2.31 bits per heavy atom. The van der Waals surface area contributed by atoms with Gasteiger partial charge >= 0.3 is 59.1 Å². The second kappa shape index (κ2) is 14.9. The molecule has 18 heteroatoms. The first kappa shape index (κ1) is 34.0. The zero-order chi connectivity index (χ0) is 23.2. The largest absolute Gasteiger partial charge is 1.00 e. The minimum absolute atomic E-state index is 0. The molecule has 7 atom stereocenters. The summed E-state index contributed by atoms with van der Waals surface area (Å²) in [7, 11) is -5.26. The molecular formula is C14H19NNa2O14S. The molecule has 0 saturated carbocycles. The first-order chi connectivity index (χ1) is 13.8. The molecule has 5 N–H and O–H groups in total. The van der Waals surface area contributed by atoms with Crippen molar-refractivity contribution in [3.63, 3.8) is 0 Å². The Bertz CT molecular complexity index is 777. The average Bonchev–Trinajstić information content (AvgIpc) is 2.63. The van der Waals surface area contributed by atoms with Crippen molar-refractivity contribution in [1.82, 2.24) is 5.32 Å². The van der Waals surface area contributed by atoms with E-state index in [-0.39, 0.29) is 65.4 Å². The summed E-state index contributed by atoms with van der Waals surface area (Å²) >= 11 is 0. The third-order valence-electron chi connectivity index (χ3n) is 3.67. The molecule has 15 nitrogen and oxygen atoms in total. The van der Waals surface area contributed by atoms with Crippen LogP contribution in [0.5, 0.6) is 0 Å². The quantitative estimate of drug-likeness (QED) is 0.0760. The van der Waals surface area contributed by atoms with Crippen molar-refractivity contribution in [2.75, 3.05) is 6.61 Å². The number of rotatable bonds is 11. The van der Waals surface area contributed by atoms with Crippen LogP contribution in [0.1, 0.15) is 6.92 Å². The maximum atomic E-state index is 11.4. The minimum Gasteiger partial charge on any atom is -0.726 e. The van der Waals surface area contributed by atoms with Crippen LogP contribution < -0.4 is 69.5 Å². The fourth-order valence-electron chi connectivity index (χ4n) is 2.30. The first-order valence-corrected chi connectivity index (χ1v) is 9.40. The summed E-state index contributed by atoms with van der Waals surface area (Å²) in [6, 6.07) is -1.75. The smallest absolute Gasteiger partial charge is 0.726 e. The van der Waals surface area contributed by atoms with E-state index in [1.54, 1.807) is 0 Å². The van der Waals surface area contributed by atoms with Crippen molar-refractivity contribution < 1.29 is 126 Å². The molecule has 32 heavy (non-hydrogen) atoms. The second-order valence-corrected chi connectivity index (χ2v) is 7.05. The molecule has 0 spiro atoms. The van der Waals surface area contributed by atoms with E-state index in [1.165, 1.54) is 0 Å². The summed E-state index contributed by atoms with van der Waals surface area (Å²) in [5.41, 5.74) is 0. The standard InChI is InChI=1S/C14H21NO14S.2Na/c1-5(17)15-6(3-16)12(10(20)8(19)4-27-30(24,25)26)29-14-11(21)7(18)2-9(28-14)13(22)23;;/h2-3,6-8,10-12,14,18-21H,4H2,1H3,(H,15,17)(H,22,23)(H,24,25,26);;/q;2*+1/p-2/t6-,7-,8+,10-,11+,12+,14-;;/m0../s1. The fraction of sp³-hybridized carbons (Fsp3) is 0.643. The predicted octanol–water partition coefficient (Wildman–Crippen LogP) is -12.0. The van der Waals surface area contributed by atoms with Gasteiger partial charge in [-0.1, -0.05) is 0 Å². The summed E-state index contributed by atoms with van der Waals surface area (Å²) in [6.07, 6.45) is -11.7. The number of hydrogen-bond acceptors (Lipinski definition) is 14. The molecule has 0 fully saturated rings. The van der Waals surface area contributed by atoms with Crippen molar-refractivity contribution in [3.8, 4) is 0 Å². The van der Waals surface area contributed by atoms with E-state index in [2.05, 4.69) is 4.18 Å². The molecule has 0 aliphatic carbocycles. The van der Waals surface area contributed by atoms with Crippen LogP contribution in [0.2, 0.25) is 0 Å². The Labute approximate surface area is 226 Å². The van der Waals surface area contributed by atoms with Gasteiger partial charge in [-0.25, -0.2) is 8.42 Å². The van der Waals surface area contributed by atoms with Gasteiger partial charge in [0.15, 0.2) is 0 Å². The number of aliphatic carboxylic acids is 1. The van der Waals surface area contributed by atoms with Crippen molar-refractivity contribution >= 4 is 28.6 Å². The van der Waals surface area contributed by atoms with Gasteiger partial charge in [0.25, 0.3) is 0 Å². The first-order valence-electron chi connectivity index (χ1n) is 8.07. The number of aliphatic hydroxyl groups excluding tert-OH is 4. The number of aldehydes is 1. The van der Waals surface area contributed by atoms with Crippen LogP contribution in [0.4, 0.5) is 0 Å². The number of carboxylic acid groups (broad SMARTS) is 1. The maximum Gasteiger partial charge on any atom is 1.00 e. The van der Waals surface area contributed by atoms with Crippen LogP contribution >= 0.6 is 0 Å². The molecule has 1 amide bonds. The molecule has 0 radical (unpaired) electrons. The molecule has 1 aliphatic heterocycles. The van der Waals surface area contributed by atoms with Gasteiger partial charge < -0.3 is 54.5 Å². The van der Waals surface area contributed by atoms with Gasteiger partial charge in [-0.15, -0.1) is 0 Å². The minimum atomic E-state index is -5.26. The van der Waals surface area contributed by atoms with Crippen LogP contribution in [0.15, 0.2) is 11.8 Å². The topological polar surface area (TPSA) is 252 Å². The summed E-state index contributed by atoms with van der Waals surface area (Å²) in [6.45, 7) is -0.310. The van der Waals surface area contributed by atoms with Crippen LogP contribution in [0, 0.1) is 0 Å². The Morgan fingerprint density at radius 1 is 1.31 bits per heavy atom. The summed E-state index contributed by atoms with van der Waals surface area (Å²) in [5.74, 6) is -3.69. The third kappa shape index (κ3) is 10.8. The number of nitrogens with one attached hydrogen (secondary N) is 1. The molecule has 0 bridgehead atoms. The third-order valence-corrected chi connectivity index (χ3v) is 4.10. The molecule has 0 unspecified atom stereocenters. The molecule has 0 aromatic heterocycles. The van der Waals surface area contributed by atoms with Crippen LogP contribution in [-0.4, -0.2) is 101 Å². The van der Waals surface area contributed by atoms with E-state index in [1.807, 2.05) is 5.32 Å². The van der Waals surface area contributed by atoms with E-state index in [4.69, 9.17) is 9.47 Å². The normalized spacial score (nSPS) is 24.2. The van der Waals surface area contributed by atoms with E-state index >= 15 is 0 Å². The molecule has 0 aromatic carbocycles. The number of carbonyl (C=O) groups is 3. The van der Waals surface area contributed by atoms with Gasteiger partial charge in [-0.2, -0.15) is 0 Å². The van der Waals surface area contributed by atoms with Gasteiger partial charge in [-0.05, 0) is 6.08 Å². The molecule has 1 rings (SSSR count). The number of carbonyl (C=O) groups excluding carboxylic acids is 3. The van der Waals surface area contributed by atoms with E-state index < -0.39 is 77.5 Å². The second-order valence-electron chi connectivity index (χ2n) is 6.00. The van der Waals surface area contributed by atoms with Gasteiger partial charge in [-0.3, -0.25) is 8.98 Å². The van der Waals surface area contributed by atoms with E-state index in [0.717, 1.165) is 6.92 Å². The SMILES string of the molecule is CC(=O)N[C@@H](C=O)[C@@H](O[C@@H]1OC(C(=O)[O-])=C[C@H](O)[C@H]1O)[C@@H](O)[C@H](O)COS(=O)(=O)[O-].[Na+].[Na+]. The van der Waals surface area contributed by atoms with E-state index in [0.29, 0.717) is 6.08 Å².